The third-order valence-corrected chi connectivity index (χ3v) is 3.68. The molecule has 1 aromatic heterocycles. The van der Waals surface area contributed by atoms with Gasteiger partial charge in [0, 0.05) is 5.41 Å². The van der Waals surface area contributed by atoms with Crippen molar-refractivity contribution in [2.45, 2.75) is 6.04 Å². The molecule has 88 valence electrons. The number of nitriles is 1. The molecule has 0 spiro atoms. The summed E-state index contributed by atoms with van der Waals surface area (Å²) in [5.41, 5.74) is 6.19. The summed E-state index contributed by atoms with van der Waals surface area (Å²) in [4.78, 5) is 3.97. The van der Waals surface area contributed by atoms with Crippen molar-refractivity contribution in [3.05, 3.63) is 29.3 Å². The summed E-state index contributed by atoms with van der Waals surface area (Å²) in [6, 6.07) is 3.08. The first-order valence-corrected chi connectivity index (χ1v) is 6.55. The first-order chi connectivity index (χ1) is 8.00. The van der Waals surface area contributed by atoms with E-state index in [4.69, 9.17) is 11.0 Å². The SMILES string of the molecule is N#Cc1cc(N)cnc1NC1C=CS(=O)(=O)C1. The van der Waals surface area contributed by atoms with E-state index in [1.54, 1.807) is 0 Å². The Labute approximate surface area is 98.7 Å². The minimum absolute atomic E-state index is 0.0239. The number of nitrogens with zero attached hydrogens (tertiary/aromatic N) is 2. The van der Waals surface area contributed by atoms with E-state index >= 15 is 0 Å². The van der Waals surface area contributed by atoms with E-state index in [-0.39, 0.29) is 11.8 Å². The monoisotopic (exact) mass is 250 g/mol. The number of anilines is 2. The van der Waals surface area contributed by atoms with E-state index in [0.29, 0.717) is 17.1 Å². The lowest BCUT2D eigenvalue weighted by atomic mass is 10.2. The predicted molar refractivity (Wildman–Crippen MR) is 63.7 cm³/mol. The number of pyridine rings is 1. The van der Waals surface area contributed by atoms with E-state index in [9.17, 15) is 8.42 Å². The van der Waals surface area contributed by atoms with E-state index in [2.05, 4.69) is 10.3 Å². The largest absolute Gasteiger partial charge is 0.397 e. The molecule has 0 fully saturated rings. The Morgan fingerprint density at radius 2 is 2.35 bits per heavy atom. The second-order valence-electron chi connectivity index (χ2n) is 3.69. The highest BCUT2D eigenvalue weighted by Crippen LogP contribution is 2.18. The molecule has 1 aromatic rings. The Hall–Kier alpha value is -2.07. The predicted octanol–water partition coefficient (Wildman–Crippen LogP) is 0.258. The topological polar surface area (TPSA) is 109 Å². The van der Waals surface area contributed by atoms with Crippen molar-refractivity contribution < 1.29 is 8.42 Å². The fraction of sp³-hybridized carbons (Fsp3) is 0.200. The van der Waals surface area contributed by atoms with Gasteiger partial charge in [-0.2, -0.15) is 5.26 Å². The molecule has 3 N–H and O–H groups in total. The molecule has 7 heteroatoms. The van der Waals surface area contributed by atoms with Crippen LogP contribution in [0.5, 0.6) is 0 Å². The molecule has 17 heavy (non-hydrogen) atoms. The fourth-order valence-corrected chi connectivity index (χ4v) is 2.76. The zero-order valence-corrected chi connectivity index (χ0v) is 9.61. The molecule has 0 saturated heterocycles. The molecule has 0 bridgehead atoms. The summed E-state index contributed by atoms with van der Waals surface area (Å²) in [5.74, 6) is 0.317. The maximum Gasteiger partial charge on any atom is 0.173 e. The maximum atomic E-state index is 11.2. The third-order valence-electron chi connectivity index (χ3n) is 2.28. The molecule has 1 atom stereocenters. The zero-order chi connectivity index (χ0) is 12.5. The number of hydrogen-bond donors (Lipinski definition) is 2. The van der Waals surface area contributed by atoms with Crippen molar-refractivity contribution in [3.63, 3.8) is 0 Å². The molecule has 0 radical (unpaired) electrons. The Morgan fingerprint density at radius 1 is 1.59 bits per heavy atom. The Morgan fingerprint density at radius 3 is 2.94 bits per heavy atom. The molecule has 0 aliphatic carbocycles. The second kappa shape index (κ2) is 4.07. The van der Waals surface area contributed by atoms with Gasteiger partial charge in [-0.1, -0.05) is 0 Å². The van der Waals surface area contributed by atoms with Crippen molar-refractivity contribution in [3.8, 4) is 6.07 Å². The van der Waals surface area contributed by atoms with Crippen molar-refractivity contribution in [1.82, 2.24) is 4.98 Å². The molecule has 1 unspecified atom stereocenters. The molecular formula is C10H10N4O2S. The van der Waals surface area contributed by atoms with Gasteiger partial charge in [0.2, 0.25) is 0 Å². The highest BCUT2D eigenvalue weighted by molar-refractivity contribution is 7.94. The van der Waals surface area contributed by atoms with Crippen molar-refractivity contribution in [2.75, 3.05) is 16.8 Å². The lowest BCUT2D eigenvalue weighted by molar-refractivity contribution is 0.605. The average molecular weight is 250 g/mol. The standard InChI is InChI=1S/C10H10N4O2S/c11-4-7-3-8(12)5-13-10(7)14-9-1-2-17(15,16)6-9/h1-3,5,9H,6,12H2,(H,13,14). The number of rotatable bonds is 2. The summed E-state index contributed by atoms with van der Waals surface area (Å²) >= 11 is 0. The van der Waals surface area contributed by atoms with Gasteiger partial charge in [0.05, 0.1) is 29.2 Å². The minimum Gasteiger partial charge on any atom is -0.397 e. The van der Waals surface area contributed by atoms with E-state index in [1.807, 2.05) is 6.07 Å². The lowest BCUT2D eigenvalue weighted by Crippen LogP contribution is -2.22. The molecule has 2 heterocycles. The van der Waals surface area contributed by atoms with Gasteiger partial charge in [-0.05, 0) is 12.1 Å². The number of nitrogens with two attached hydrogens (primary N) is 1. The molecule has 1 aliphatic heterocycles. The van der Waals surface area contributed by atoms with Crippen LogP contribution in [0.2, 0.25) is 0 Å². The van der Waals surface area contributed by atoms with Crippen LogP contribution < -0.4 is 11.1 Å². The van der Waals surface area contributed by atoms with Crippen LogP contribution in [0.1, 0.15) is 5.56 Å². The Balaban J connectivity index is 2.21. The zero-order valence-electron chi connectivity index (χ0n) is 8.79. The number of sulfone groups is 1. The number of nitrogens with one attached hydrogen (secondary N) is 1. The van der Waals surface area contributed by atoms with Gasteiger partial charge in [0.1, 0.15) is 11.9 Å². The first kappa shape index (κ1) is 11.4. The summed E-state index contributed by atoms with van der Waals surface area (Å²) in [7, 11) is -3.12. The maximum absolute atomic E-state index is 11.2. The summed E-state index contributed by atoms with van der Waals surface area (Å²) < 4.78 is 22.4. The minimum atomic E-state index is -3.12. The number of nitrogen functional groups attached to an aromatic ring is 1. The van der Waals surface area contributed by atoms with Crippen LogP contribution >= 0.6 is 0 Å². The summed E-state index contributed by atoms with van der Waals surface area (Å²) in [5, 5.41) is 12.9. The van der Waals surface area contributed by atoms with E-state index < -0.39 is 9.84 Å². The fourth-order valence-electron chi connectivity index (χ4n) is 1.52. The van der Waals surface area contributed by atoms with Crippen molar-refractivity contribution in [1.29, 1.82) is 5.26 Å². The van der Waals surface area contributed by atoms with E-state index in [0.717, 1.165) is 5.41 Å². The lowest BCUT2D eigenvalue weighted by Gasteiger charge is -2.11. The highest BCUT2D eigenvalue weighted by atomic mass is 32.2. The average Bonchev–Trinajstić information content (AvgIpc) is 2.61. The van der Waals surface area contributed by atoms with Crippen molar-refractivity contribution >= 4 is 21.3 Å². The van der Waals surface area contributed by atoms with Crippen LogP contribution in [-0.2, 0) is 9.84 Å². The van der Waals surface area contributed by atoms with Crippen LogP contribution in [0.25, 0.3) is 0 Å². The van der Waals surface area contributed by atoms with Gasteiger partial charge in [-0.25, -0.2) is 13.4 Å². The van der Waals surface area contributed by atoms with Crippen LogP contribution in [0.4, 0.5) is 11.5 Å². The van der Waals surface area contributed by atoms with Crippen LogP contribution in [0.15, 0.2) is 23.7 Å². The molecular weight excluding hydrogens is 240 g/mol. The van der Waals surface area contributed by atoms with Crippen LogP contribution in [0.3, 0.4) is 0 Å². The quantitative estimate of drug-likeness (QED) is 0.779. The molecule has 6 nitrogen and oxygen atoms in total. The molecule has 0 amide bonds. The summed E-state index contributed by atoms with van der Waals surface area (Å²) in [6.07, 6.45) is 2.95. The van der Waals surface area contributed by atoms with Crippen LogP contribution in [-0.4, -0.2) is 25.2 Å². The smallest absolute Gasteiger partial charge is 0.173 e. The Bertz CT molecular complexity index is 616. The highest BCUT2D eigenvalue weighted by Gasteiger charge is 2.22. The van der Waals surface area contributed by atoms with Gasteiger partial charge in [0.25, 0.3) is 0 Å². The third kappa shape index (κ3) is 2.54. The van der Waals surface area contributed by atoms with Crippen LogP contribution in [0, 0.1) is 11.3 Å². The van der Waals surface area contributed by atoms with Gasteiger partial charge < -0.3 is 11.1 Å². The first-order valence-electron chi connectivity index (χ1n) is 4.83. The van der Waals surface area contributed by atoms with Crippen molar-refractivity contribution in [2.24, 2.45) is 0 Å². The van der Waals surface area contributed by atoms with E-state index in [1.165, 1.54) is 18.3 Å². The normalized spacial score (nSPS) is 21.0. The van der Waals surface area contributed by atoms with Gasteiger partial charge >= 0.3 is 0 Å². The number of aromatic nitrogens is 1. The van der Waals surface area contributed by atoms with Gasteiger partial charge in [-0.3, -0.25) is 0 Å². The molecule has 0 saturated carbocycles. The molecule has 2 rings (SSSR count). The van der Waals surface area contributed by atoms with Gasteiger partial charge in [0.15, 0.2) is 9.84 Å². The second-order valence-corrected chi connectivity index (χ2v) is 5.62. The summed E-state index contributed by atoms with van der Waals surface area (Å²) in [6.45, 7) is 0. The number of hydrogen-bond acceptors (Lipinski definition) is 6. The molecule has 0 aromatic carbocycles. The van der Waals surface area contributed by atoms with Gasteiger partial charge in [-0.15, -0.1) is 0 Å². The Kier molecular flexibility index (Phi) is 2.73. The molecule has 1 aliphatic rings.